The van der Waals surface area contributed by atoms with Crippen LogP contribution < -0.4 is 5.32 Å². The maximum absolute atomic E-state index is 11.7. The van der Waals surface area contributed by atoms with E-state index in [1.165, 1.54) is 0 Å². The number of aliphatic imine (C=N–C) groups is 1. The van der Waals surface area contributed by atoms with Crippen LogP contribution in [0.4, 0.5) is 5.69 Å². The van der Waals surface area contributed by atoms with E-state index in [0.717, 1.165) is 5.71 Å². The molecule has 1 N–H and O–H groups in total. The van der Waals surface area contributed by atoms with E-state index in [1.807, 2.05) is 20.8 Å². The van der Waals surface area contributed by atoms with Crippen LogP contribution in [-0.2, 0) is 9.53 Å². The van der Waals surface area contributed by atoms with E-state index in [9.17, 15) is 9.59 Å². The highest BCUT2D eigenvalue weighted by molar-refractivity contribution is 6.00. The van der Waals surface area contributed by atoms with Crippen molar-refractivity contribution in [3.8, 4) is 0 Å². The molecule has 1 aromatic rings. The van der Waals surface area contributed by atoms with E-state index in [0.29, 0.717) is 30.3 Å². The molecule has 0 aromatic heterocycles. The monoisotopic (exact) mass is 304 g/mol. The van der Waals surface area contributed by atoms with E-state index in [2.05, 4.69) is 10.3 Å². The van der Waals surface area contributed by atoms with Gasteiger partial charge in [-0.3, -0.25) is 9.79 Å². The van der Waals surface area contributed by atoms with Crippen LogP contribution in [0.2, 0.25) is 0 Å². The summed E-state index contributed by atoms with van der Waals surface area (Å²) in [6.45, 7) is 8.70. The van der Waals surface area contributed by atoms with Gasteiger partial charge in [-0.2, -0.15) is 0 Å². The van der Waals surface area contributed by atoms with Gasteiger partial charge in [-0.1, -0.05) is 13.8 Å². The summed E-state index contributed by atoms with van der Waals surface area (Å²) >= 11 is 0. The predicted octanol–water partition coefficient (Wildman–Crippen LogP) is 3.12. The molecule has 0 saturated carbocycles. The zero-order valence-electron chi connectivity index (χ0n) is 13.7. The van der Waals surface area contributed by atoms with Gasteiger partial charge in [-0.15, -0.1) is 0 Å². The average molecular weight is 304 g/mol. The van der Waals surface area contributed by atoms with Crippen LogP contribution in [0.15, 0.2) is 29.3 Å². The lowest BCUT2D eigenvalue weighted by atomic mass is 10.2. The molecule has 5 nitrogen and oxygen atoms in total. The Morgan fingerprint density at radius 2 is 1.86 bits per heavy atom. The highest BCUT2D eigenvalue weighted by Gasteiger charge is 2.07. The zero-order valence-corrected chi connectivity index (χ0v) is 13.7. The quantitative estimate of drug-likeness (QED) is 0.621. The van der Waals surface area contributed by atoms with E-state index in [4.69, 9.17) is 4.74 Å². The number of nitrogens with zero attached hydrogens (tertiary/aromatic N) is 1. The molecule has 0 unspecified atom stereocenters. The molecule has 1 rings (SSSR count). The molecule has 0 heterocycles. The van der Waals surface area contributed by atoms with Crippen LogP contribution in [-0.4, -0.2) is 30.7 Å². The van der Waals surface area contributed by atoms with Gasteiger partial charge < -0.3 is 10.1 Å². The van der Waals surface area contributed by atoms with E-state index >= 15 is 0 Å². The van der Waals surface area contributed by atoms with Gasteiger partial charge in [0.2, 0.25) is 5.91 Å². The number of hydrogen-bond acceptors (Lipinski definition) is 4. The number of nitrogens with one attached hydrogen (secondary N) is 1. The molecule has 120 valence electrons. The van der Waals surface area contributed by atoms with Gasteiger partial charge in [0.15, 0.2) is 0 Å². The van der Waals surface area contributed by atoms with Gasteiger partial charge in [0.1, 0.15) is 0 Å². The van der Waals surface area contributed by atoms with Crippen molar-refractivity contribution in [2.75, 3.05) is 13.2 Å². The Kier molecular flexibility index (Phi) is 7.29. The van der Waals surface area contributed by atoms with Gasteiger partial charge in [-0.05, 0) is 44.0 Å². The van der Waals surface area contributed by atoms with Crippen LogP contribution in [0.5, 0.6) is 0 Å². The second-order valence-corrected chi connectivity index (χ2v) is 5.49. The fourth-order valence-corrected chi connectivity index (χ4v) is 1.76. The normalized spacial score (nSPS) is 11.4. The summed E-state index contributed by atoms with van der Waals surface area (Å²) in [5.41, 5.74) is 1.93. The number of amides is 1. The lowest BCUT2D eigenvalue weighted by Gasteiger charge is -2.07. The lowest BCUT2D eigenvalue weighted by molar-refractivity contribution is -0.120. The van der Waals surface area contributed by atoms with Gasteiger partial charge in [-0.25, -0.2) is 4.79 Å². The van der Waals surface area contributed by atoms with Crippen LogP contribution in [0.25, 0.3) is 0 Å². The van der Waals surface area contributed by atoms with Crippen molar-refractivity contribution in [1.82, 2.24) is 5.32 Å². The number of esters is 1. The molecule has 0 atom stereocenters. The molecule has 0 bridgehead atoms. The summed E-state index contributed by atoms with van der Waals surface area (Å²) in [5, 5.41) is 2.86. The smallest absolute Gasteiger partial charge is 0.338 e. The Hall–Kier alpha value is -2.17. The Morgan fingerprint density at radius 1 is 1.23 bits per heavy atom. The molecular formula is C17H24N2O3. The van der Waals surface area contributed by atoms with E-state index < -0.39 is 0 Å². The molecule has 0 aliphatic carbocycles. The van der Waals surface area contributed by atoms with Gasteiger partial charge >= 0.3 is 5.97 Å². The minimum Gasteiger partial charge on any atom is -0.462 e. The predicted molar refractivity (Wildman–Crippen MR) is 87.6 cm³/mol. The van der Waals surface area contributed by atoms with E-state index in [1.54, 1.807) is 31.2 Å². The van der Waals surface area contributed by atoms with Crippen LogP contribution in [0, 0.1) is 5.92 Å². The van der Waals surface area contributed by atoms with Crippen molar-refractivity contribution in [2.45, 2.75) is 34.1 Å². The minimum atomic E-state index is -0.345. The number of benzene rings is 1. The van der Waals surface area contributed by atoms with Crippen LogP contribution in [0.3, 0.4) is 0 Å². The Morgan fingerprint density at radius 3 is 2.41 bits per heavy atom. The first kappa shape index (κ1) is 17.9. The summed E-state index contributed by atoms with van der Waals surface area (Å²) in [6, 6.07) is 6.81. The van der Waals surface area contributed by atoms with E-state index in [-0.39, 0.29) is 18.3 Å². The Labute approximate surface area is 131 Å². The first-order chi connectivity index (χ1) is 10.4. The molecule has 22 heavy (non-hydrogen) atoms. The van der Waals surface area contributed by atoms with Gasteiger partial charge in [0.05, 0.1) is 24.3 Å². The summed E-state index contributed by atoms with van der Waals surface area (Å²) in [6.07, 6.45) is 0.270. The van der Waals surface area contributed by atoms with Crippen molar-refractivity contribution in [2.24, 2.45) is 10.9 Å². The number of carbonyl (C=O) groups is 2. The zero-order chi connectivity index (χ0) is 16.5. The largest absolute Gasteiger partial charge is 0.462 e. The Balaban J connectivity index is 2.60. The number of rotatable bonds is 7. The molecule has 1 amide bonds. The molecule has 0 saturated heterocycles. The summed E-state index contributed by atoms with van der Waals surface area (Å²) in [7, 11) is 0. The molecule has 0 radical (unpaired) electrons. The molecule has 0 spiro atoms. The highest BCUT2D eigenvalue weighted by Crippen LogP contribution is 2.14. The third-order valence-electron chi connectivity index (χ3n) is 2.82. The summed E-state index contributed by atoms with van der Waals surface area (Å²) in [5.74, 6) is 0.0533. The third-order valence-corrected chi connectivity index (χ3v) is 2.82. The second-order valence-electron chi connectivity index (χ2n) is 5.49. The van der Waals surface area contributed by atoms with Crippen molar-refractivity contribution in [3.63, 3.8) is 0 Å². The summed E-state index contributed by atoms with van der Waals surface area (Å²) < 4.78 is 4.92. The fourth-order valence-electron chi connectivity index (χ4n) is 1.76. The van der Waals surface area contributed by atoms with Gasteiger partial charge in [0.25, 0.3) is 0 Å². The molecular weight excluding hydrogens is 280 g/mol. The molecule has 0 aliphatic heterocycles. The molecule has 5 heteroatoms. The Bertz CT molecular complexity index is 533. The maximum Gasteiger partial charge on any atom is 0.338 e. The maximum atomic E-state index is 11.7. The van der Waals surface area contributed by atoms with Crippen molar-refractivity contribution >= 4 is 23.3 Å². The first-order valence-corrected chi connectivity index (χ1v) is 7.50. The topological polar surface area (TPSA) is 67.8 Å². The molecule has 1 aromatic carbocycles. The number of carbonyl (C=O) groups excluding carboxylic acids is 2. The summed E-state index contributed by atoms with van der Waals surface area (Å²) in [4.78, 5) is 27.6. The van der Waals surface area contributed by atoms with Crippen LogP contribution >= 0.6 is 0 Å². The van der Waals surface area contributed by atoms with Crippen molar-refractivity contribution in [3.05, 3.63) is 29.8 Å². The lowest BCUT2D eigenvalue weighted by Crippen LogP contribution is -2.28. The minimum absolute atomic E-state index is 0.0295. The third kappa shape index (κ3) is 6.52. The van der Waals surface area contributed by atoms with Crippen molar-refractivity contribution < 1.29 is 14.3 Å². The first-order valence-electron chi connectivity index (χ1n) is 7.50. The highest BCUT2D eigenvalue weighted by atomic mass is 16.5. The number of hydrogen-bond donors (Lipinski definition) is 1. The average Bonchev–Trinajstić information content (AvgIpc) is 2.46. The number of ether oxygens (including phenoxy) is 1. The standard InChI is InChI=1S/C17H24N2O3/c1-5-22-17(21)14-6-8-15(9-7-14)19-13(4)10-16(20)18-11-12(2)3/h6-9,12H,5,10-11H2,1-4H3,(H,18,20). The van der Waals surface area contributed by atoms with Crippen LogP contribution in [0.1, 0.15) is 44.5 Å². The van der Waals surface area contributed by atoms with Gasteiger partial charge in [0, 0.05) is 12.3 Å². The van der Waals surface area contributed by atoms with Crippen molar-refractivity contribution in [1.29, 1.82) is 0 Å². The molecule has 0 aliphatic rings. The SMILES string of the molecule is CCOC(=O)c1ccc(N=C(C)CC(=O)NCC(C)C)cc1. The second kappa shape index (κ2) is 8.97. The fraction of sp³-hybridized carbons (Fsp3) is 0.471. The molecule has 0 fully saturated rings.